The van der Waals surface area contributed by atoms with Crippen LogP contribution in [-0.2, 0) is 4.79 Å². The first-order valence-electron chi connectivity index (χ1n) is 5.72. The van der Waals surface area contributed by atoms with Gasteiger partial charge in [-0.05, 0) is 12.8 Å². The molecule has 0 spiro atoms. The standard InChI is InChI=1S/C11H16N4O2/c1-8(16)15-4-2-10(3-5-15)14-11(17)9-6-12-13-7-9/h6-7,10H,2-5H2,1H3,(H,12,13)(H,14,17). The maximum absolute atomic E-state index is 11.7. The van der Waals surface area contributed by atoms with E-state index < -0.39 is 0 Å². The molecule has 1 aliphatic rings. The van der Waals surface area contributed by atoms with Gasteiger partial charge in [-0.25, -0.2) is 0 Å². The Morgan fingerprint density at radius 1 is 1.47 bits per heavy atom. The minimum absolute atomic E-state index is 0.101. The smallest absolute Gasteiger partial charge is 0.254 e. The maximum atomic E-state index is 11.7. The Morgan fingerprint density at radius 3 is 2.71 bits per heavy atom. The molecule has 2 heterocycles. The molecule has 17 heavy (non-hydrogen) atoms. The monoisotopic (exact) mass is 236 g/mol. The lowest BCUT2D eigenvalue weighted by atomic mass is 10.0. The molecule has 1 aromatic heterocycles. The Kier molecular flexibility index (Phi) is 3.41. The molecule has 92 valence electrons. The Labute approximate surface area is 99.4 Å². The summed E-state index contributed by atoms with van der Waals surface area (Å²) < 4.78 is 0. The maximum Gasteiger partial charge on any atom is 0.254 e. The van der Waals surface area contributed by atoms with Gasteiger partial charge >= 0.3 is 0 Å². The van der Waals surface area contributed by atoms with Gasteiger partial charge in [-0.3, -0.25) is 14.7 Å². The van der Waals surface area contributed by atoms with Gasteiger partial charge in [-0.15, -0.1) is 0 Å². The van der Waals surface area contributed by atoms with Gasteiger partial charge in [0.1, 0.15) is 0 Å². The average molecular weight is 236 g/mol. The lowest BCUT2D eigenvalue weighted by molar-refractivity contribution is -0.129. The summed E-state index contributed by atoms with van der Waals surface area (Å²) in [6.07, 6.45) is 4.69. The predicted octanol–water partition coefficient (Wildman–Crippen LogP) is 0.150. The molecule has 0 aromatic carbocycles. The average Bonchev–Trinajstić information content (AvgIpc) is 2.83. The van der Waals surface area contributed by atoms with E-state index in [-0.39, 0.29) is 17.9 Å². The number of amides is 2. The Bertz CT molecular complexity index is 394. The summed E-state index contributed by atoms with van der Waals surface area (Å²) in [5, 5.41) is 9.28. The third kappa shape index (κ3) is 2.83. The first kappa shape index (κ1) is 11.6. The molecule has 0 bridgehead atoms. The Hall–Kier alpha value is -1.85. The summed E-state index contributed by atoms with van der Waals surface area (Å²) in [4.78, 5) is 24.7. The molecule has 6 heteroatoms. The number of nitrogens with zero attached hydrogens (tertiary/aromatic N) is 2. The molecule has 1 aliphatic heterocycles. The molecule has 1 aromatic rings. The van der Waals surface area contributed by atoms with Crippen molar-refractivity contribution in [2.75, 3.05) is 13.1 Å². The van der Waals surface area contributed by atoms with Crippen LogP contribution in [0.3, 0.4) is 0 Å². The Morgan fingerprint density at radius 2 is 2.18 bits per heavy atom. The molecule has 2 N–H and O–H groups in total. The van der Waals surface area contributed by atoms with Gasteiger partial charge in [0, 0.05) is 32.3 Å². The molecule has 0 atom stereocenters. The van der Waals surface area contributed by atoms with Crippen molar-refractivity contribution in [3.05, 3.63) is 18.0 Å². The van der Waals surface area contributed by atoms with E-state index in [0.29, 0.717) is 18.7 Å². The van der Waals surface area contributed by atoms with E-state index in [2.05, 4.69) is 15.5 Å². The highest BCUT2D eigenvalue weighted by Gasteiger charge is 2.22. The lowest BCUT2D eigenvalue weighted by Crippen LogP contribution is -2.45. The second-order valence-electron chi connectivity index (χ2n) is 4.24. The number of aromatic amines is 1. The van der Waals surface area contributed by atoms with Crippen molar-refractivity contribution in [3.8, 4) is 0 Å². The summed E-state index contributed by atoms with van der Waals surface area (Å²) in [7, 11) is 0. The van der Waals surface area contributed by atoms with E-state index in [1.807, 2.05) is 0 Å². The SMILES string of the molecule is CC(=O)N1CCC(NC(=O)c2cn[nH]c2)CC1. The third-order valence-corrected chi connectivity index (χ3v) is 3.04. The number of hydrogen-bond acceptors (Lipinski definition) is 3. The minimum Gasteiger partial charge on any atom is -0.349 e. The number of likely N-dealkylation sites (tertiary alicyclic amines) is 1. The highest BCUT2D eigenvalue weighted by atomic mass is 16.2. The minimum atomic E-state index is -0.111. The van der Waals surface area contributed by atoms with Crippen molar-refractivity contribution < 1.29 is 9.59 Å². The molecular formula is C11H16N4O2. The first-order valence-corrected chi connectivity index (χ1v) is 5.72. The molecule has 0 aliphatic carbocycles. The van der Waals surface area contributed by atoms with Crippen LogP contribution in [0, 0.1) is 0 Å². The van der Waals surface area contributed by atoms with E-state index in [0.717, 1.165) is 12.8 Å². The number of rotatable bonds is 2. The van der Waals surface area contributed by atoms with Crippen LogP contribution in [-0.4, -0.2) is 46.0 Å². The van der Waals surface area contributed by atoms with Gasteiger partial charge in [-0.1, -0.05) is 0 Å². The van der Waals surface area contributed by atoms with Crippen molar-refractivity contribution in [3.63, 3.8) is 0 Å². The van der Waals surface area contributed by atoms with E-state index in [9.17, 15) is 9.59 Å². The highest BCUT2D eigenvalue weighted by Crippen LogP contribution is 2.11. The van der Waals surface area contributed by atoms with Crippen LogP contribution in [0.25, 0.3) is 0 Å². The fraction of sp³-hybridized carbons (Fsp3) is 0.545. The van der Waals surface area contributed by atoms with E-state index in [1.165, 1.54) is 6.20 Å². The summed E-state index contributed by atoms with van der Waals surface area (Å²) in [5.74, 6) is -0.00960. The number of nitrogens with one attached hydrogen (secondary N) is 2. The van der Waals surface area contributed by atoms with Crippen LogP contribution < -0.4 is 5.32 Å². The first-order chi connectivity index (χ1) is 8.16. The number of carbonyl (C=O) groups excluding carboxylic acids is 2. The second-order valence-corrected chi connectivity index (χ2v) is 4.24. The number of H-pyrrole nitrogens is 1. The zero-order valence-electron chi connectivity index (χ0n) is 9.77. The van der Waals surface area contributed by atoms with Crippen LogP contribution in [0.5, 0.6) is 0 Å². The van der Waals surface area contributed by atoms with Crippen LogP contribution in [0.4, 0.5) is 0 Å². The number of hydrogen-bond donors (Lipinski definition) is 2. The molecule has 0 saturated carbocycles. The third-order valence-electron chi connectivity index (χ3n) is 3.04. The molecule has 0 unspecified atom stereocenters. The normalized spacial score (nSPS) is 16.9. The molecule has 2 rings (SSSR count). The zero-order valence-corrected chi connectivity index (χ0v) is 9.77. The topological polar surface area (TPSA) is 78.1 Å². The number of piperidine rings is 1. The van der Waals surface area contributed by atoms with Crippen LogP contribution in [0.2, 0.25) is 0 Å². The summed E-state index contributed by atoms with van der Waals surface area (Å²) >= 11 is 0. The second kappa shape index (κ2) is 4.99. The molecule has 2 amide bonds. The quantitative estimate of drug-likeness (QED) is 0.767. The van der Waals surface area contributed by atoms with Gasteiger partial charge in [0.05, 0.1) is 11.8 Å². The van der Waals surface area contributed by atoms with E-state index >= 15 is 0 Å². The van der Waals surface area contributed by atoms with Gasteiger partial charge in [0.2, 0.25) is 5.91 Å². The molecule has 0 radical (unpaired) electrons. The van der Waals surface area contributed by atoms with Crippen LogP contribution >= 0.6 is 0 Å². The van der Waals surface area contributed by atoms with Crippen molar-refractivity contribution in [2.45, 2.75) is 25.8 Å². The summed E-state index contributed by atoms with van der Waals surface area (Å²) in [5.41, 5.74) is 0.541. The fourth-order valence-electron chi connectivity index (χ4n) is 1.98. The fourth-order valence-corrected chi connectivity index (χ4v) is 1.98. The predicted molar refractivity (Wildman–Crippen MR) is 61.3 cm³/mol. The molecule has 6 nitrogen and oxygen atoms in total. The van der Waals surface area contributed by atoms with Gasteiger partial charge in [0.15, 0.2) is 0 Å². The van der Waals surface area contributed by atoms with E-state index in [4.69, 9.17) is 0 Å². The highest BCUT2D eigenvalue weighted by molar-refractivity contribution is 5.93. The van der Waals surface area contributed by atoms with Crippen molar-refractivity contribution in [1.29, 1.82) is 0 Å². The largest absolute Gasteiger partial charge is 0.349 e. The van der Waals surface area contributed by atoms with Crippen molar-refractivity contribution in [2.24, 2.45) is 0 Å². The summed E-state index contributed by atoms with van der Waals surface area (Å²) in [6, 6.07) is 0.146. The van der Waals surface area contributed by atoms with Crippen molar-refractivity contribution >= 4 is 11.8 Å². The van der Waals surface area contributed by atoms with Gasteiger partial charge < -0.3 is 10.2 Å². The Balaban J connectivity index is 1.82. The van der Waals surface area contributed by atoms with Gasteiger partial charge in [-0.2, -0.15) is 5.10 Å². The molecule has 1 fully saturated rings. The number of carbonyl (C=O) groups is 2. The number of aromatic nitrogens is 2. The van der Waals surface area contributed by atoms with E-state index in [1.54, 1.807) is 18.0 Å². The van der Waals surface area contributed by atoms with Crippen LogP contribution in [0.1, 0.15) is 30.1 Å². The summed E-state index contributed by atoms with van der Waals surface area (Å²) in [6.45, 7) is 3.00. The van der Waals surface area contributed by atoms with Gasteiger partial charge in [0.25, 0.3) is 5.91 Å². The van der Waals surface area contributed by atoms with Crippen molar-refractivity contribution in [1.82, 2.24) is 20.4 Å². The van der Waals surface area contributed by atoms with Crippen LogP contribution in [0.15, 0.2) is 12.4 Å². The zero-order chi connectivity index (χ0) is 12.3. The lowest BCUT2D eigenvalue weighted by Gasteiger charge is -2.31. The molecular weight excluding hydrogens is 220 g/mol. The molecule has 1 saturated heterocycles.